The molecule has 0 radical (unpaired) electrons. The fourth-order valence-corrected chi connectivity index (χ4v) is 4.50. The Balaban J connectivity index is 2.40. The van der Waals surface area contributed by atoms with Gasteiger partial charge in [0.1, 0.15) is 0 Å². The second kappa shape index (κ2) is 4.89. The molecule has 5 heteroatoms. The zero-order valence-electron chi connectivity index (χ0n) is 11.9. The first-order chi connectivity index (χ1) is 8.72. The third-order valence-electron chi connectivity index (χ3n) is 4.06. The summed E-state index contributed by atoms with van der Waals surface area (Å²) in [6.45, 7) is 7.62. The molecule has 1 aromatic carbocycles. The maximum Gasteiger partial charge on any atom is 0.241 e. The molecular formula is C14H22N2O2S. The van der Waals surface area contributed by atoms with Gasteiger partial charge in [0.2, 0.25) is 10.0 Å². The SMILES string of the molecule is Cc1cc(C)c(C)c(S(=O)(=O)NC2CC(N)C2)c1C. The van der Waals surface area contributed by atoms with Crippen LogP contribution in [0.2, 0.25) is 0 Å². The minimum absolute atomic E-state index is 0.0142. The topological polar surface area (TPSA) is 72.2 Å². The second-order valence-electron chi connectivity index (χ2n) is 5.64. The van der Waals surface area contributed by atoms with Crippen LogP contribution < -0.4 is 10.5 Å². The molecule has 0 atom stereocenters. The first kappa shape index (κ1) is 14.5. The molecule has 4 nitrogen and oxygen atoms in total. The van der Waals surface area contributed by atoms with E-state index in [9.17, 15) is 8.42 Å². The number of hydrogen-bond acceptors (Lipinski definition) is 3. The lowest BCUT2D eigenvalue weighted by Crippen LogP contribution is -2.50. The molecule has 3 N–H and O–H groups in total. The molecule has 1 saturated carbocycles. The molecule has 0 bridgehead atoms. The van der Waals surface area contributed by atoms with Gasteiger partial charge in [0, 0.05) is 12.1 Å². The van der Waals surface area contributed by atoms with Crippen molar-refractivity contribution in [3.8, 4) is 0 Å². The highest BCUT2D eigenvalue weighted by atomic mass is 32.2. The van der Waals surface area contributed by atoms with E-state index in [0.717, 1.165) is 35.1 Å². The predicted molar refractivity (Wildman–Crippen MR) is 76.7 cm³/mol. The van der Waals surface area contributed by atoms with E-state index in [1.54, 1.807) is 0 Å². The van der Waals surface area contributed by atoms with Crippen molar-refractivity contribution in [3.05, 3.63) is 28.3 Å². The van der Waals surface area contributed by atoms with Crippen molar-refractivity contribution in [1.29, 1.82) is 0 Å². The number of nitrogens with two attached hydrogens (primary N) is 1. The lowest BCUT2D eigenvalue weighted by atomic mass is 9.89. The van der Waals surface area contributed by atoms with E-state index in [0.29, 0.717) is 4.90 Å². The number of aryl methyl sites for hydroxylation is 2. The number of hydrogen-bond donors (Lipinski definition) is 2. The van der Waals surface area contributed by atoms with E-state index in [2.05, 4.69) is 4.72 Å². The normalized spacial score (nSPS) is 23.2. The van der Waals surface area contributed by atoms with Gasteiger partial charge in [-0.2, -0.15) is 0 Å². The van der Waals surface area contributed by atoms with Gasteiger partial charge in [0.25, 0.3) is 0 Å². The highest BCUT2D eigenvalue weighted by Crippen LogP contribution is 2.28. The summed E-state index contributed by atoms with van der Waals surface area (Å²) < 4.78 is 27.8. The Kier molecular flexibility index (Phi) is 3.73. The van der Waals surface area contributed by atoms with Crippen LogP contribution in [0.4, 0.5) is 0 Å². The molecule has 1 aliphatic rings. The Morgan fingerprint density at radius 2 is 1.58 bits per heavy atom. The van der Waals surface area contributed by atoms with E-state index in [1.165, 1.54) is 0 Å². The summed E-state index contributed by atoms with van der Waals surface area (Å²) in [5.74, 6) is 0. The summed E-state index contributed by atoms with van der Waals surface area (Å²) in [5, 5.41) is 0. The maximum atomic E-state index is 12.5. The van der Waals surface area contributed by atoms with Gasteiger partial charge in [-0.15, -0.1) is 0 Å². The Hall–Kier alpha value is -0.910. The molecular weight excluding hydrogens is 260 g/mol. The number of benzene rings is 1. The molecule has 0 heterocycles. The van der Waals surface area contributed by atoms with Crippen LogP contribution >= 0.6 is 0 Å². The lowest BCUT2D eigenvalue weighted by Gasteiger charge is -2.33. The highest BCUT2D eigenvalue weighted by Gasteiger charge is 2.32. The van der Waals surface area contributed by atoms with Crippen molar-refractivity contribution < 1.29 is 8.42 Å². The van der Waals surface area contributed by atoms with Gasteiger partial charge in [-0.05, 0) is 62.8 Å². The lowest BCUT2D eigenvalue weighted by molar-refractivity contribution is 0.327. The van der Waals surface area contributed by atoms with Crippen LogP contribution in [0.3, 0.4) is 0 Å². The molecule has 0 saturated heterocycles. The van der Waals surface area contributed by atoms with Crippen LogP contribution in [0.5, 0.6) is 0 Å². The molecule has 1 fully saturated rings. The summed E-state index contributed by atoms with van der Waals surface area (Å²) in [6.07, 6.45) is 1.45. The Bertz CT molecular complexity index is 576. The van der Waals surface area contributed by atoms with Gasteiger partial charge in [-0.3, -0.25) is 0 Å². The maximum absolute atomic E-state index is 12.5. The van der Waals surface area contributed by atoms with Crippen LogP contribution in [0.25, 0.3) is 0 Å². The molecule has 0 amide bonds. The van der Waals surface area contributed by atoms with Crippen LogP contribution in [0.1, 0.15) is 35.1 Å². The van der Waals surface area contributed by atoms with Crippen molar-refractivity contribution in [1.82, 2.24) is 4.72 Å². The zero-order chi connectivity index (χ0) is 14.4. The van der Waals surface area contributed by atoms with E-state index in [-0.39, 0.29) is 12.1 Å². The second-order valence-corrected chi connectivity index (χ2v) is 7.29. The quantitative estimate of drug-likeness (QED) is 0.886. The van der Waals surface area contributed by atoms with Crippen LogP contribution in [-0.4, -0.2) is 20.5 Å². The van der Waals surface area contributed by atoms with Crippen molar-refractivity contribution in [2.75, 3.05) is 0 Å². The molecule has 1 aromatic rings. The van der Waals surface area contributed by atoms with Crippen molar-refractivity contribution in [3.63, 3.8) is 0 Å². The monoisotopic (exact) mass is 282 g/mol. The predicted octanol–water partition coefficient (Wildman–Crippen LogP) is 1.69. The standard InChI is InChI=1S/C14H22N2O2S/c1-8-5-9(2)11(4)14(10(8)3)19(17,18)16-13-6-12(15)7-13/h5,12-13,16H,6-7,15H2,1-4H3. The van der Waals surface area contributed by atoms with Gasteiger partial charge in [-0.25, -0.2) is 13.1 Å². The third-order valence-corrected chi connectivity index (χ3v) is 5.86. The largest absolute Gasteiger partial charge is 0.328 e. The van der Waals surface area contributed by atoms with Crippen molar-refractivity contribution >= 4 is 10.0 Å². The molecule has 0 aliphatic heterocycles. The number of nitrogens with one attached hydrogen (secondary N) is 1. The molecule has 19 heavy (non-hydrogen) atoms. The molecule has 0 aromatic heterocycles. The van der Waals surface area contributed by atoms with E-state index in [4.69, 9.17) is 5.73 Å². The molecule has 2 rings (SSSR count). The van der Waals surface area contributed by atoms with Crippen LogP contribution in [0, 0.1) is 27.7 Å². The Morgan fingerprint density at radius 3 is 2.00 bits per heavy atom. The highest BCUT2D eigenvalue weighted by molar-refractivity contribution is 7.89. The molecule has 0 unspecified atom stereocenters. The fraction of sp³-hybridized carbons (Fsp3) is 0.571. The molecule has 1 aliphatic carbocycles. The summed E-state index contributed by atoms with van der Waals surface area (Å²) in [6, 6.07) is 2.15. The summed E-state index contributed by atoms with van der Waals surface area (Å²) >= 11 is 0. The van der Waals surface area contributed by atoms with Crippen LogP contribution in [-0.2, 0) is 10.0 Å². The smallest absolute Gasteiger partial charge is 0.241 e. The summed E-state index contributed by atoms with van der Waals surface area (Å²) in [5.41, 5.74) is 9.38. The zero-order valence-corrected chi connectivity index (χ0v) is 12.8. The minimum Gasteiger partial charge on any atom is -0.328 e. The van der Waals surface area contributed by atoms with Crippen molar-refractivity contribution in [2.45, 2.75) is 57.5 Å². The fourth-order valence-electron chi connectivity index (χ4n) is 2.62. The summed E-state index contributed by atoms with van der Waals surface area (Å²) in [4.78, 5) is 0.436. The van der Waals surface area contributed by atoms with E-state index in [1.807, 2.05) is 33.8 Å². The average molecular weight is 282 g/mol. The Morgan fingerprint density at radius 1 is 1.11 bits per heavy atom. The van der Waals surface area contributed by atoms with Gasteiger partial charge < -0.3 is 5.73 Å². The minimum atomic E-state index is -3.46. The van der Waals surface area contributed by atoms with E-state index >= 15 is 0 Å². The van der Waals surface area contributed by atoms with E-state index < -0.39 is 10.0 Å². The van der Waals surface area contributed by atoms with Gasteiger partial charge in [0.05, 0.1) is 4.90 Å². The molecule has 106 valence electrons. The van der Waals surface area contributed by atoms with Gasteiger partial charge >= 0.3 is 0 Å². The Labute approximate surface area is 115 Å². The number of sulfonamides is 1. The third kappa shape index (κ3) is 2.68. The number of rotatable bonds is 3. The van der Waals surface area contributed by atoms with Gasteiger partial charge in [0.15, 0.2) is 0 Å². The summed E-state index contributed by atoms with van der Waals surface area (Å²) in [7, 11) is -3.46. The first-order valence-electron chi connectivity index (χ1n) is 6.57. The van der Waals surface area contributed by atoms with Crippen molar-refractivity contribution in [2.24, 2.45) is 5.73 Å². The van der Waals surface area contributed by atoms with Crippen LogP contribution in [0.15, 0.2) is 11.0 Å². The average Bonchev–Trinajstić information content (AvgIpc) is 2.24. The molecule has 0 spiro atoms. The first-order valence-corrected chi connectivity index (χ1v) is 8.06. The van der Waals surface area contributed by atoms with Gasteiger partial charge in [-0.1, -0.05) is 6.07 Å².